The molecule has 0 radical (unpaired) electrons. The Morgan fingerprint density at radius 3 is 2.50 bits per heavy atom. The quantitative estimate of drug-likeness (QED) is 0.373. The lowest BCUT2D eigenvalue weighted by molar-refractivity contribution is -0.385. The summed E-state index contributed by atoms with van der Waals surface area (Å²) in [6.07, 6.45) is 0. The van der Waals surface area contributed by atoms with Gasteiger partial charge in [0.15, 0.2) is 0 Å². The highest BCUT2D eigenvalue weighted by atomic mass is 127. The first-order chi connectivity index (χ1) is 12.4. The molecule has 0 N–H and O–H groups in total. The summed E-state index contributed by atoms with van der Waals surface area (Å²) in [7, 11) is 0. The van der Waals surface area contributed by atoms with Gasteiger partial charge in [-0.05, 0) is 59.3 Å². The first kappa shape index (κ1) is 18.9. The Morgan fingerprint density at radius 2 is 1.85 bits per heavy atom. The number of nitro groups is 1. The predicted octanol–water partition coefficient (Wildman–Crippen LogP) is 4.12. The van der Waals surface area contributed by atoms with Crippen LogP contribution in [0, 0.1) is 20.6 Å². The number of anilines is 1. The van der Waals surface area contributed by atoms with Crippen molar-refractivity contribution < 1.29 is 9.72 Å². The fourth-order valence-electron chi connectivity index (χ4n) is 3.04. The number of hydrogen-bond acceptors (Lipinski definition) is 4. The molecule has 0 saturated carbocycles. The number of rotatable bonds is 3. The molecule has 1 fully saturated rings. The molecule has 1 amide bonds. The first-order valence-corrected chi connectivity index (χ1v) is 9.57. The van der Waals surface area contributed by atoms with E-state index in [1.807, 2.05) is 47.7 Å². The van der Waals surface area contributed by atoms with Gasteiger partial charge in [0.1, 0.15) is 0 Å². The Bertz CT molecular complexity index is 867. The SMILES string of the molecule is Cc1ccc(Cl)cc1N1CCN(C(=O)c2ccc(I)c([N+](=O)[O-])c2)CC1. The molecule has 1 aliphatic rings. The van der Waals surface area contributed by atoms with E-state index in [2.05, 4.69) is 4.90 Å². The third kappa shape index (κ3) is 3.93. The lowest BCUT2D eigenvalue weighted by Crippen LogP contribution is -2.49. The molecular formula is C18H17ClIN3O3. The molecule has 1 heterocycles. The number of carbonyl (C=O) groups is 1. The van der Waals surface area contributed by atoms with Gasteiger partial charge in [0.05, 0.1) is 8.49 Å². The fourth-order valence-corrected chi connectivity index (χ4v) is 3.74. The van der Waals surface area contributed by atoms with Gasteiger partial charge in [-0.15, -0.1) is 0 Å². The summed E-state index contributed by atoms with van der Waals surface area (Å²) in [5.74, 6) is -0.174. The summed E-state index contributed by atoms with van der Waals surface area (Å²) in [5, 5.41) is 11.8. The van der Waals surface area contributed by atoms with E-state index >= 15 is 0 Å². The zero-order valence-corrected chi connectivity index (χ0v) is 17.0. The Kier molecular flexibility index (Phi) is 5.67. The van der Waals surface area contributed by atoms with Crippen molar-refractivity contribution in [1.29, 1.82) is 0 Å². The van der Waals surface area contributed by atoms with E-state index in [-0.39, 0.29) is 11.6 Å². The van der Waals surface area contributed by atoms with Crippen LogP contribution in [0.3, 0.4) is 0 Å². The van der Waals surface area contributed by atoms with Gasteiger partial charge in [-0.25, -0.2) is 0 Å². The minimum absolute atomic E-state index is 0.0374. The van der Waals surface area contributed by atoms with Gasteiger partial charge in [0, 0.05) is 48.5 Å². The maximum absolute atomic E-state index is 12.7. The van der Waals surface area contributed by atoms with Gasteiger partial charge < -0.3 is 9.80 Å². The molecule has 0 aromatic heterocycles. The van der Waals surface area contributed by atoms with Crippen LogP contribution in [0.2, 0.25) is 5.02 Å². The van der Waals surface area contributed by atoms with Crippen molar-refractivity contribution >= 4 is 51.5 Å². The van der Waals surface area contributed by atoms with Crippen molar-refractivity contribution in [2.24, 2.45) is 0 Å². The van der Waals surface area contributed by atoms with E-state index in [9.17, 15) is 14.9 Å². The minimum atomic E-state index is -0.460. The Balaban J connectivity index is 1.72. The molecular weight excluding hydrogens is 469 g/mol. The highest BCUT2D eigenvalue weighted by Gasteiger charge is 2.25. The van der Waals surface area contributed by atoms with Crippen LogP contribution in [0.1, 0.15) is 15.9 Å². The molecule has 3 rings (SSSR count). The molecule has 2 aromatic carbocycles. The van der Waals surface area contributed by atoms with Crippen LogP contribution >= 0.6 is 34.2 Å². The molecule has 0 unspecified atom stereocenters. The standard InChI is InChI=1S/C18H17ClIN3O3/c1-12-2-4-14(19)11-16(12)21-6-8-22(9-7-21)18(24)13-3-5-15(20)17(10-13)23(25)26/h2-5,10-11H,6-9H2,1H3. The molecule has 6 nitrogen and oxygen atoms in total. The number of carbonyl (C=O) groups excluding carboxylic acids is 1. The number of halogens is 2. The van der Waals surface area contributed by atoms with Gasteiger partial charge in [-0.1, -0.05) is 17.7 Å². The Morgan fingerprint density at radius 1 is 1.15 bits per heavy atom. The van der Waals surface area contributed by atoms with E-state index < -0.39 is 4.92 Å². The summed E-state index contributed by atoms with van der Waals surface area (Å²) >= 11 is 8.00. The number of piperazine rings is 1. The molecule has 0 atom stereocenters. The molecule has 1 saturated heterocycles. The van der Waals surface area contributed by atoms with Gasteiger partial charge in [-0.2, -0.15) is 0 Å². The Hall–Kier alpha value is -1.87. The number of amides is 1. The lowest BCUT2D eigenvalue weighted by atomic mass is 10.1. The third-order valence-electron chi connectivity index (χ3n) is 4.47. The summed E-state index contributed by atoms with van der Waals surface area (Å²) in [6, 6.07) is 10.4. The molecule has 0 spiro atoms. The molecule has 0 bridgehead atoms. The van der Waals surface area contributed by atoms with E-state index in [1.54, 1.807) is 17.0 Å². The molecule has 0 aliphatic carbocycles. The normalized spacial score (nSPS) is 14.4. The van der Waals surface area contributed by atoms with Crippen LogP contribution in [-0.4, -0.2) is 41.9 Å². The van der Waals surface area contributed by atoms with Crippen molar-refractivity contribution in [2.45, 2.75) is 6.92 Å². The molecule has 26 heavy (non-hydrogen) atoms. The Labute approximate surface area is 170 Å². The average molecular weight is 486 g/mol. The maximum atomic E-state index is 12.7. The average Bonchev–Trinajstić information content (AvgIpc) is 2.63. The van der Waals surface area contributed by atoms with Crippen molar-refractivity contribution in [3.05, 3.63) is 66.2 Å². The third-order valence-corrected chi connectivity index (χ3v) is 5.62. The van der Waals surface area contributed by atoms with E-state index in [4.69, 9.17) is 11.6 Å². The number of hydrogen-bond donors (Lipinski definition) is 0. The van der Waals surface area contributed by atoms with Gasteiger partial charge >= 0.3 is 0 Å². The van der Waals surface area contributed by atoms with Gasteiger partial charge in [0.2, 0.25) is 0 Å². The highest BCUT2D eigenvalue weighted by Crippen LogP contribution is 2.26. The van der Waals surface area contributed by atoms with Crippen LogP contribution in [0.25, 0.3) is 0 Å². The van der Waals surface area contributed by atoms with E-state index in [1.165, 1.54) is 6.07 Å². The summed E-state index contributed by atoms with van der Waals surface area (Å²) in [4.78, 5) is 27.3. The van der Waals surface area contributed by atoms with E-state index in [0.29, 0.717) is 40.3 Å². The number of nitrogens with zero attached hydrogens (tertiary/aromatic N) is 3. The van der Waals surface area contributed by atoms with Crippen LogP contribution in [-0.2, 0) is 0 Å². The number of nitro benzene ring substituents is 1. The molecule has 2 aromatic rings. The second-order valence-electron chi connectivity index (χ2n) is 6.13. The minimum Gasteiger partial charge on any atom is -0.368 e. The molecule has 8 heteroatoms. The second-order valence-corrected chi connectivity index (χ2v) is 7.73. The largest absolute Gasteiger partial charge is 0.368 e. The van der Waals surface area contributed by atoms with Crippen molar-refractivity contribution in [3.63, 3.8) is 0 Å². The summed E-state index contributed by atoms with van der Waals surface area (Å²) < 4.78 is 0.519. The van der Waals surface area contributed by atoms with E-state index in [0.717, 1.165) is 11.3 Å². The fraction of sp³-hybridized carbons (Fsp3) is 0.278. The number of aryl methyl sites for hydroxylation is 1. The van der Waals surface area contributed by atoms with Crippen LogP contribution in [0.4, 0.5) is 11.4 Å². The van der Waals surface area contributed by atoms with Gasteiger partial charge in [0.25, 0.3) is 11.6 Å². The second kappa shape index (κ2) is 7.79. The van der Waals surface area contributed by atoms with Crippen LogP contribution in [0.15, 0.2) is 36.4 Å². The van der Waals surface area contributed by atoms with Crippen molar-refractivity contribution in [1.82, 2.24) is 4.90 Å². The highest BCUT2D eigenvalue weighted by molar-refractivity contribution is 14.1. The smallest absolute Gasteiger partial charge is 0.283 e. The first-order valence-electron chi connectivity index (χ1n) is 8.11. The van der Waals surface area contributed by atoms with Gasteiger partial charge in [-0.3, -0.25) is 14.9 Å². The topological polar surface area (TPSA) is 66.7 Å². The zero-order valence-electron chi connectivity index (χ0n) is 14.1. The monoisotopic (exact) mass is 485 g/mol. The maximum Gasteiger partial charge on any atom is 0.283 e. The van der Waals surface area contributed by atoms with Crippen LogP contribution < -0.4 is 4.90 Å². The van der Waals surface area contributed by atoms with Crippen LogP contribution in [0.5, 0.6) is 0 Å². The summed E-state index contributed by atoms with van der Waals surface area (Å²) in [5.41, 5.74) is 2.53. The molecule has 136 valence electrons. The predicted molar refractivity (Wildman–Crippen MR) is 110 cm³/mol. The lowest BCUT2D eigenvalue weighted by Gasteiger charge is -2.37. The summed E-state index contributed by atoms with van der Waals surface area (Å²) in [6.45, 7) is 4.54. The van der Waals surface area contributed by atoms with Crippen molar-refractivity contribution in [2.75, 3.05) is 31.1 Å². The molecule has 1 aliphatic heterocycles. The zero-order chi connectivity index (χ0) is 18.8. The number of benzene rings is 2. The van der Waals surface area contributed by atoms with Crippen molar-refractivity contribution in [3.8, 4) is 0 Å².